The van der Waals surface area contributed by atoms with Crippen molar-refractivity contribution in [3.8, 4) is 0 Å². The molecule has 0 radical (unpaired) electrons. The highest BCUT2D eigenvalue weighted by molar-refractivity contribution is 14.1. The minimum absolute atomic E-state index is 0.283. The highest BCUT2D eigenvalue weighted by Crippen LogP contribution is 2.27. The molecule has 1 unspecified atom stereocenters. The first-order valence-corrected chi connectivity index (χ1v) is 3.73. The summed E-state index contributed by atoms with van der Waals surface area (Å²) < 4.78 is -0.379. The van der Waals surface area contributed by atoms with Gasteiger partial charge in [0, 0.05) is 0 Å². The number of carbonyl (C=O) groups excluding carboxylic acids is 1. The maximum absolute atomic E-state index is 10.8. The second-order valence-electron chi connectivity index (χ2n) is 2.14. The van der Waals surface area contributed by atoms with Crippen molar-refractivity contribution in [1.82, 2.24) is 0 Å². The monoisotopic (exact) mass is 242 g/mol. The predicted molar refractivity (Wildman–Crippen MR) is 39.1 cm³/mol. The van der Waals surface area contributed by atoms with Gasteiger partial charge in [-0.1, -0.05) is 22.6 Å². The van der Waals surface area contributed by atoms with Gasteiger partial charge in [0.2, 0.25) is 0 Å². The number of alkyl halides is 1. The number of carbonyl (C=O) groups is 1. The van der Waals surface area contributed by atoms with E-state index >= 15 is 0 Å². The molecular weight excluding hydrogens is 235 g/mol. The van der Waals surface area contributed by atoms with Gasteiger partial charge in [0.25, 0.3) is 0 Å². The van der Waals surface area contributed by atoms with Gasteiger partial charge in [-0.15, -0.1) is 0 Å². The van der Waals surface area contributed by atoms with Crippen LogP contribution < -0.4 is 0 Å². The van der Waals surface area contributed by atoms with Gasteiger partial charge in [-0.2, -0.15) is 4.89 Å². The van der Waals surface area contributed by atoms with Crippen LogP contribution in [0.1, 0.15) is 13.3 Å². The zero-order chi connectivity index (χ0) is 6.91. The molecule has 1 aliphatic heterocycles. The lowest BCUT2D eigenvalue weighted by Gasteiger charge is -2.23. The lowest BCUT2D eigenvalue weighted by Crippen LogP contribution is -2.36. The summed E-state index contributed by atoms with van der Waals surface area (Å²) in [4.78, 5) is 19.6. The Kier molecular flexibility index (Phi) is 1.95. The Labute approximate surface area is 66.8 Å². The molecule has 1 saturated heterocycles. The minimum atomic E-state index is -0.379. The Balaban J connectivity index is 2.60. The maximum atomic E-state index is 10.8. The van der Waals surface area contributed by atoms with Gasteiger partial charge in [0.15, 0.2) is 0 Å². The third kappa shape index (κ3) is 1.54. The Bertz CT molecular complexity index is 132. The molecule has 0 aliphatic carbocycles. The maximum Gasteiger partial charge on any atom is 0.357 e. The fourth-order valence-electron chi connectivity index (χ4n) is 0.517. The van der Waals surface area contributed by atoms with Gasteiger partial charge in [-0.25, -0.2) is 4.79 Å². The van der Waals surface area contributed by atoms with Gasteiger partial charge < -0.3 is 0 Å². The normalized spacial score (nSPS) is 36.0. The molecular formula is C5H7IO3. The molecule has 1 fully saturated rings. The molecule has 0 amide bonds. The van der Waals surface area contributed by atoms with E-state index in [1.807, 2.05) is 6.92 Å². The molecule has 1 rings (SSSR count). The molecule has 4 heteroatoms. The van der Waals surface area contributed by atoms with Crippen LogP contribution in [0, 0.1) is 0 Å². The first kappa shape index (κ1) is 7.27. The summed E-state index contributed by atoms with van der Waals surface area (Å²) in [6.07, 6.45) is 0.729. The quantitative estimate of drug-likeness (QED) is 0.362. The number of rotatable bonds is 0. The van der Waals surface area contributed by atoms with Gasteiger partial charge in [0.1, 0.15) is 3.42 Å². The standard InChI is InChI=1S/C5H7IO3/c1-5(6)2-3-8-9-4(5)7/h2-3H2,1H3. The largest absolute Gasteiger partial charge is 0.357 e. The Morgan fingerprint density at radius 1 is 1.78 bits per heavy atom. The van der Waals surface area contributed by atoms with Crippen molar-refractivity contribution < 1.29 is 14.6 Å². The Hall–Kier alpha value is 0.160. The zero-order valence-electron chi connectivity index (χ0n) is 5.02. The van der Waals surface area contributed by atoms with E-state index in [-0.39, 0.29) is 9.39 Å². The Morgan fingerprint density at radius 2 is 2.44 bits per heavy atom. The summed E-state index contributed by atoms with van der Waals surface area (Å²) in [6.45, 7) is 2.34. The van der Waals surface area contributed by atoms with E-state index in [4.69, 9.17) is 0 Å². The number of hydrogen-bond donors (Lipinski definition) is 0. The SMILES string of the molecule is CC1(I)CCOOC1=O. The molecule has 1 heterocycles. The predicted octanol–water partition coefficient (Wildman–Crippen LogP) is 1.06. The average Bonchev–Trinajstić information content (AvgIpc) is 1.77. The summed E-state index contributed by atoms with van der Waals surface area (Å²) in [5, 5.41) is 0. The average molecular weight is 242 g/mol. The van der Waals surface area contributed by atoms with Crippen molar-refractivity contribution in [2.24, 2.45) is 0 Å². The van der Waals surface area contributed by atoms with Crippen LogP contribution in [0.5, 0.6) is 0 Å². The summed E-state index contributed by atoms with van der Waals surface area (Å²) in [5.41, 5.74) is 0. The van der Waals surface area contributed by atoms with Crippen LogP contribution >= 0.6 is 22.6 Å². The second-order valence-corrected chi connectivity index (χ2v) is 4.52. The summed E-state index contributed by atoms with van der Waals surface area (Å²) in [7, 11) is 0. The molecule has 0 aromatic carbocycles. The van der Waals surface area contributed by atoms with Crippen LogP contribution in [0.2, 0.25) is 0 Å². The first-order chi connectivity index (χ1) is 4.13. The van der Waals surface area contributed by atoms with E-state index in [0.29, 0.717) is 6.61 Å². The van der Waals surface area contributed by atoms with E-state index < -0.39 is 0 Å². The molecule has 1 atom stereocenters. The number of hydrogen-bond acceptors (Lipinski definition) is 3. The fraction of sp³-hybridized carbons (Fsp3) is 0.800. The smallest absolute Gasteiger partial charge is 0.297 e. The van der Waals surface area contributed by atoms with Crippen LogP contribution in [-0.2, 0) is 14.6 Å². The molecule has 3 nitrogen and oxygen atoms in total. The third-order valence-corrected chi connectivity index (χ3v) is 2.19. The minimum Gasteiger partial charge on any atom is -0.297 e. The molecule has 0 aromatic heterocycles. The topological polar surface area (TPSA) is 35.5 Å². The molecule has 52 valence electrons. The van der Waals surface area contributed by atoms with Crippen LogP contribution in [0.3, 0.4) is 0 Å². The van der Waals surface area contributed by atoms with E-state index in [1.54, 1.807) is 0 Å². The molecule has 1 aliphatic rings. The molecule has 0 saturated carbocycles. The van der Waals surface area contributed by atoms with Gasteiger partial charge in [-0.05, 0) is 13.3 Å². The van der Waals surface area contributed by atoms with E-state index in [2.05, 4.69) is 32.4 Å². The molecule has 9 heavy (non-hydrogen) atoms. The van der Waals surface area contributed by atoms with Crippen molar-refractivity contribution >= 4 is 28.6 Å². The second kappa shape index (κ2) is 2.42. The van der Waals surface area contributed by atoms with E-state index in [0.717, 1.165) is 6.42 Å². The van der Waals surface area contributed by atoms with Crippen molar-refractivity contribution in [3.63, 3.8) is 0 Å². The summed E-state index contributed by atoms with van der Waals surface area (Å²) >= 11 is 2.06. The molecule has 0 spiro atoms. The molecule has 0 N–H and O–H groups in total. The molecule has 0 aromatic rings. The molecule has 0 bridgehead atoms. The fourth-order valence-corrected chi connectivity index (χ4v) is 0.828. The summed E-state index contributed by atoms with van der Waals surface area (Å²) in [5.74, 6) is -0.283. The Morgan fingerprint density at radius 3 is 2.78 bits per heavy atom. The van der Waals surface area contributed by atoms with Crippen molar-refractivity contribution in [1.29, 1.82) is 0 Å². The van der Waals surface area contributed by atoms with E-state index in [1.165, 1.54) is 0 Å². The van der Waals surface area contributed by atoms with Crippen molar-refractivity contribution in [2.45, 2.75) is 16.8 Å². The lowest BCUT2D eigenvalue weighted by atomic mass is 10.1. The van der Waals surface area contributed by atoms with Crippen LogP contribution in [0.4, 0.5) is 0 Å². The lowest BCUT2D eigenvalue weighted by molar-refractivity contribution is -0.287. The van der Waals surface area contributed by atoms with Gasteiger partial charge >= 0.3 is 5.97 Å². The third-order valence-electron chi connectivity index (χ3n) is 1.22. The van der Waals surface area contributed by atoms with E-state index in [9.17, 15) is 4.79 Å². The highest BCUT2D eigenvalue weighted by Gasteiger charge is 2.35. The zero-order valence-corrected chi connectivity index (χ0v) is 7.17. The highest BCUT2D eigenvalue weighted by atomic mass is 127. The van der Waals surface area contributed by atoms with Crippen LogP contribution in [0.25, 0.3) is 0 Å². The summed E-state index contributed by atoms with van der Waals surface area (Å²) in [6, 6.07) is 0. The van der Waals surface area contributed by atoms with Crippen LogP contribution in [0.15, 0.2) is 0 Å². The first-order valence-electron chi connectivity index (χ1n) is 2.66. The number of halogens is 1. The van der Waals surface area contributed by atoms with Crippen LogP contribution in [-0.4, -0.2) is 16.0 Å². The van der Waals surface area contributed by atoms with Gasteiger partial charge in [0.05, 0.1) is 6.61 Å². The van der Waals surface area contributed by atoms with Crippen molar-refractivity contribution in [2.75, 3.05) is 6.61 Å². The van der Waals surface area contributed by atoms with Gasteiger partial charge in [-0.3, -0.25) is 4.89 Å². The van der Waals surface area contributed by atoms with Crippen molar-refractivity contribution in [3.05, 3.63) is 0 Å².